The van der Waals surface area contributed by atoms with Gasteiger partial charge >= 0.3 is 0 Å². The molecule has 156 valence electrons. The van der Waals surface area contributed by atoms with E-state index in [1.807, 2.05) is 12.1 Å². The van der Waals surface area contributed by atoms with E-state index in [4.69, 9.17) is 16.3 Å². The molecule has 0 aliphatic carbocycles. The van der Waals surface area contributed by atoms with Crippen molar-refractivity contribution in [1.82, 2.24) is 9.55 Å². The fourth-order valence-electron chi connectivity index (χ4n) is 3.34. The minimum absolute atomic E-state index is 0.0945. The van der Waals surface area contributed by atoms with Crippen LogP contribution in [0.2, 0.25) is 5.02 Å². The van der Waals surface area contributed by atoms with Crippen LogP contribution in [0.1, 0.15) is 5.56 Å². The summed E-state index contributed by atoms with van der Waals surface area (Å²) in [5.41, 5.74) is 2.16. The van der Waals surface area contributed by atoms with Crippen molar-refractivity contribution in [1.29, 1.82) is 0 Å². The van der Waals surface area contributed by atoms with Crippen LogP contribution >= 0.6 is 11.6 Å². The highest BCUT2D eigenvalue weighted by molar-refractivity contribution is 7.92. The van der Waals surface area contributed by atoms with Gasteiger partial charge in [-0.1, -0.05) is 29.8 Å². The van der Waals surface area contributed by atoms with E-state index in [9.17, 15) is 13.2 Å². The van der Waals surface area contributed by atoms with E-state index in [0.29, 0.717) is 35.1 Å². The number of aromatic nitrogens is 2. The molecule has 10 heteroatoms. The molecule has 0 unspecified atom stereocenters. The Morgan fingerprint density at radius 1 is 1.27 bits per heavy atom. The van der Waals surface area contributed by atoms with Crippen molar-refractivity contribution >= 4 is 38.9 Å². The summed E-state index contributed by atoms with van der Waals surface area (Å²) >= 11 is 6.06. The summed E-state index contributed by atoms with van der Waals surface area (Å²) < 4.78 is 33.9. The lowest BCUT2D eigenvalue weighted by Crippen LogP contribution is -2.29. The molecule has 2 heterocycles. The number of halogens is 1. The minimum atomic E-state index is -3.80. The van der Waals surface area contributed by atoms with Gasteiger partial charge in [0.25, 0.3) is 10.0 Å². The maximum atomic E-state index is 13.0. The monoisotopic (exact) mass is 446 g/mol. The van der Waals surface area contributed by atoms with E-state index in [1.54, 1.807) is 30.3 Å². The number of amides is 1. The largest absolute Gasteiger partial charge is 0.495 e. The van der Waals surface area contributed by atoms with Crippen molar-refractivity contribution < 1.29 is 17.9 Å². The van der Waals surface area contributed by atoms with Crippen LogP contribution in [-0.4, -0.2) is 37.5 Å². The van der Waals surface area contributed by atoms with Crippen LogP contribution in [-0.2, 0) is 27.8 Å². The number of rotatable bonds is 6. The SMILES string of the molecule is COc1ccc(NC(=O)Cn2cnc(S(=O)(=O)N3CCc4ccccc43)c2)cc1Cl. The number of hydrogen-bond acceptors (Lipinski definition) is 5. The zero-order valence-electron chi connectivity index (χ0n) is 16.1. The average Bonchev–Trinajstić information content (AvgIpc) is 3.35. The van der Waals surface area contributed by atoms with E-state index >= 15 is 0 Å². The lowest BCUT2D eigenvalue weighted by Gasteiger charge is -2.17. The Kier molecular flexibility index (Phi) is 5.40. The van der Waals surface area contributed by atoms with Gasteiger partial charge in [-0.05, 0) is 36.2 Å². The number of imidazole rings is 1. The van der Waals surface area contributed by atoms with E-state index in [2.05, 4.69) is 10.3 Å². The highest BCUT2D eigenvalue weighted by Gasteiger charge is 2.32. The van der Waals surface area contributed by atoms with E-state index in [0.717, 1.165) is 5.56 Å². The molecule has 3 aromatic rings. The van der Waals surface area contributed by atoms with Crippen LogP contribution in [0, 0.1) is 0 Å². The highest BCUT2D eigenvalue weighted by atomic mass is 35.5. The number of carbonyl (C=O) groups is 1. The van der Waals surface area contributed by atoms with Crippen molar-refractivity contribution in [3.63, 3.8) is 0 Å². The highest BCUT2D eigenvalue weighted by Crippen LogP contribution is 2.32. The Hall–Kier alpha value is -3.04. The van der Waals surface area contributed by atoms with Crippen LogP contribution in [0.4, 0.5) is 11.4 Å². The van der Waals surface area contributed by atoms with Crippen molar-refractivity contribution in [3.8, 4) is 5.75 Å². The van der Waals surface area contributed by atoms with Gasteiger partial charge in [-0.2, -0.15) is 8.42 Å². The molecule has 4 rings (SSSR count). The van der Waals surface area contributed by atoms with Gasteiger partial charge in [-0.3, -0.25) is 9.10 Å². The van der Waals surface area contributed by atoms with Gasteiger partial charge in [-0.15, -0.1) is 0 Å². The summed E-state index contributed by atoms with van der Waals surface area (Å²) in [6.07, 6.45) is 3.34. The molecule has 8 nitrogen and oxygen atoms in total. The topological polar surface area (TPSA) is 93.5 Å². The van der Waals surface area contributed by atoms with Crippen LogP contribution in [0.3, 0.4) is 0 Å². The Labute approximate surface area is 179 Å². The molecule has 0 saturated carbocycles. The first-order valence-electron chi connectivity index (χ1n) is 9.14. The van der Waals surface area contributed by atoms with Crippen LogP contribution in [0.5, 0.6) is 5.75 Å². The molecule has 0 bridgehead atoms. The average molecular weight is 447 g/mol. The third kappa shape index (κ3) is 3.86. The normalized spacial score (nSPS) is 13.2. The predicted molar refractivity (Wildman–Crippen MR) is 114 cm³/mol. The first-order chi connectivity index (χ1) is 14.4. The molecule has 1 aliphatic rings. The molecule has 1 amide bonds. The van der Waals surface area contributed by atoms with Gasteiger partial charge < -0.3 is 14.6 Å². The van der Waals surface area contributed by atoms with Crippen LogP contribution < -0.4 is 14.4 Å². The Bertz CT molecular complexity index is 1210. The number of benzene rings is 2. The van der Waals surface area contributed by atoms with Gasteiger partial charge in [0.05, 0.1) is 24.1 Å². The Morgan fingerprint density at radius 2 is 2.07 bits per heavy atom. The summed E-state index contributed by atoms with van der Waals surface area (Å²) in [5.74, 6) is 0.159. The van der Waals surface area contributed by atoms with Crippen molar-refractivity contribution in [3.05, 3.63) is 65.6 Å². The van der Waals surface area contributed by atoms with Crippen molar-refractivity contribution in [2.75, 3.05) is 23.3 Å². The third-order valence-electron chi connectivity index (χ3n) is 4.77. The second-order valence-electron chi connectivity index (χ2n) is 6.74. The second kappa shape index (κ2) is 8.00. The second-order valence-corrected chi connectivity index (χ2v) is 8.95. The number of carbonyl (C=O) groups excluding carboxylic acids is 1. The van der Waals surface area contributed by atoms with E-state index < -0.39 is 10.0 Å². The summed E-state index contributed by atoms with van der Waals surface area (Å²) in [5, 5.41) is 2.99. The number of nitrogens with zero attached hydrogens (tertiary/aromatic N) is 3. The van der Waals surface area contributed by atoms with Gasteiger partial charge in [-0.25, -0.2) is 4.98 Å². The van der Waals surface area contributed by atoms with Gasteiger partial charge in [0.15, 0.2) is 5.03 Å². The molecular formula is C20H19ClN4O4S. The van der Waals surface area contributed by atoms with Crippen molar-refractivity contribution in [2.45, 2.75) is 18.0 Å². The molecular weight excluding hydrogens is 428 g/mol. The van der Waals surface area contributed by atoms with Gasteiger partial charge in [0.2, 0.25) is 5.91 Å². The number of methoxy groups -OCH3 is 1. The number of hydrogen-bond donors (Lipinski definition) is 1. The standard InChI is InChI=1S/C20H19ClN4O4S/c1-29-18-7-6-15(10-16(18)21)23-19(26)11-24-12-20(22-13-24)30(27,28)25-9-8-14-4-2-3-5-17(14)25/h2-7,10,12-13H,8-9,11H2,1H3,(H,23,26). The van der Waals surface area contributed by atoms with Gasteiger partial charge in [0, 0.05) is 18.4 Å². The number of sulfonamides is 1. The number of nitrogens with one attached hydrogen (secondary N) is 1. The maximum absolute atomic E-state index is 13.0. The molecule has 1 aromatic heterocycles. The lowest BCUT2D eigenvalue weighted by molar-refractivity contribution is -0.116. The van der Waals surface area contributed by atoms with Crippen LogP contribution in [0.25, 0.3) is 0 Å². The molecule has 0 fully saturated rings. The van der Waals surface area contributed by atoms with Crippen LogP contribution in [0.15, 0.2) is 60.0 Å². The molecule has 1 N–H and O–H groups in total. The molecule has 0 saturated heterocycles. The fourth-order valence-corrected chi connectivity index (χ4v) is 5.04. The molecule has 2 aromatic carbocycles. The summed E-state index contributed by atoms with van der Waals surface area (Å²) in [4.78, 5) is 16.4. The quantitative estimate of drug-likeness (QED) is 0.628. The van der Waals surface area contributed by atoms with E-state index in [-0.39, 0.29) is 17.5 Å². The third-order valence-corrected chi connectivity index (χ3v) is 6.76. The molecule has 0 atom stereocenters. The van der Waals surface area contributed by atoms with Gasteiger partial charge in [0.1, 0.15) is 12.3 Å². The smallest absolute Gasteiger partial charge is 0.283 e. The molecule has 1 aliphatic heterocycles. The molecule has 30 heavy (non-hydrogen) atoms. The number of ether oxygens (including phenoxy) is 1. The van der Waals surface area contributed by atoms with Crippen molar-refractivity contribution in [2.24, 2.45) is 0 Å². The maximum Gasteiger partial charge on any atom is 0.283 e. The summed E-state index contributed by atoms with van der Waals surface area (Å²) in [7, 11) is -2.30. The lowest BCUT2D eigenvalue weighted by atomic mass is 10.2. The number of anilines is 2. The first kappa shape index (κ1) is 20.2. The fraction of sp³-hybridized carbons (Fsp3) is 0.200. The molecule has 0 radical (unpaired) electrons. The minimum Gasteiger partial charge on any atom is -0.495 e. The molecule has 0 spiro atoms. The zero-order valence-corrected chi connectivity index (χ0v) is 17.7. The summed E-state index contributed by atoms with van der Waals surface area (Å²) in [6, 6.07) is 12.3. The summed E-state index contributed by atoms with van der Waals surface area (Å²) in [6.45, 7) is 0.274. The zero-order chi connectivity index (χ0) is 21.3. The Morgan fingerprint density at radius 3 is 2.83 bits per heavy atom. The Balaban J connectivity index is 1.46. The first-order valence-corrected chi connectivity index (χ1v) is 11.0. The predicted octanol–water partition coefficient (Wildman–Crippen LogP) is 2.94. The van der Waals surface area contributed by atoms with E-state index in [1.165, 1.54) is 28.5 Å². The number of para-hydroxylation sites is 1. The number of fused-ring (bicyclic) bond motifs is 1.